The van der Waals surface area contributed by atoms with Crippen LogP contribution in [0.4, 0.5) is 17.1 Å². The van der Waals surface area contributed by atoms with Crippen LogP contribution in [0.25, 0.3) is 0 Å². The van der Waals surface area contributed by atoms with Gasteiger partial charge in [-0.2, -0.15) is 0 Å². The molecular formula is C21H26N4O. The van der Waals surface area contributed by atoms with Crippen molar-refractivity contribution in [1.29, 1.82) is 0 Å². The number of rotatable bonds is 6. The normalized spacial score (nSPS) is 20.1. The van der Waals surface area contributed by atoms with E-state index in [-0.39, 0.29) is 5.91 Å². The summed E-state index contributed by atoms with van der Waals surface area (Å²) in [4.78, 5) is 15.0. The van der Waals surface area contributed by atoms with Crippen LogP contribution in [-0.4, -0.2) is 36.5 Å². The quantitative estimate of drug-likeness (QED) is 0.698. The highest BCUT2D eigenvalue weighted by Crippen LogP contribution is 2.31. The van der Waals surface area contributed by atoms with E-state index in [0.29, 0.717) is 23.0 Å². The van der Waals surface area contributed by atoms with Gasteiger partial charge in [0.1, 0.15) is 0 Å². The zero-order valence-electron chi connectivity index (χ0n) is 14.9. The van der Waals surface area contributed by atoms with E-state index >= 15 is 0 Å². The first-order valence-corrected chi connectivity index (χ1v) is 9.42. The molecule has 4 rings (SSSR count). The second-order valence-electron chi connectivity index (χ2n) is 7.45. The Labute approximate surface area is 154 Å². The molecule has 1 atom stereocenters. The first kappa shape index (κ1) is 16.9. The summed E-state index contributed by atoms with van der Waals surface area (Å²) in [6.45, 7) is 3.57. The van der Waals surface area contributed by atoms with Crippen LogP contribution in [0.15, 0.2) is 48.5 Å². The van der Waals surface area contributed by atoms with Crippen molar-refractivity contribution in [3.8, 4) is 0 Å². The lowest BCUT2D eigenvalue weighted by atomic mass is 10.1. The summed E-state index contributed by atoms with van der Waals surface area (Å²) in [6, 6.07) is 15.4. The van der Waals surface area contributed by atoms with Crippen LogP contribution in [-0.2, 0) is 0 Å². The van der Waals surface area contributed by atoms with E-state index in [4.69, 9.17) is 5.73 Å². The van der Waals surface area contributed by atoms with Gasteiger partial charge < -0.3 is 21.3 Å². The van der Waals surface area contributed by atoms with Crippen molar-refractivity contribution in [1.82, 2.24) is 4.90 Å². The Hall–Kier alpha value is -2.53. The summed E-state index contributed by atoms with van der Waals surface area (Å²) in [6.07, 6.45) is 4.00. The SMILES string of the molecule is Nc1ccccc1NC(=O)c1ccc(NC2CCN(CC3CC3)C2)cc1. The smallest absolute Gasteiger partial charge is 0.255 e. The summed E-state index contributed by atoms with van der Waals surface area (Å²) in [5.41, 5.74) is 8.78. The van der Waals surface area contributed by atoms with Gasteiger partial charge in [-0.15, -0.1) is 0 Å². The number of anilines is 3. The number of hydrogen-bond donors (Lipinski definition) is 3. The van der Waals surface area contributed by atoms with Crippen LogP contribution in [0.1, 0.15) is 29.6 Å². The minimum atomic E-state index is -0.147. The minimum absolute atomic E-state index is 0.147. The number of amides is 1. The van der Waals surface area contributed by atoms with Crippen molar-refractivity contribution < 1.29 is 4.79 Å². The van der Waals surface area contributed by atoms with Gasteiger partial charge in [-0.05, 0) is 61.6 Å². The van der Waals surface area contributed by atoms with Gasteiger partial charge in [-0.3, -0.25) is 4.79 Å². The Morgan fingerprint density at radius 1 is 1.08 bits per heavy atom. The molecule has 1 aliphatic heterocycles. The molecule has 1 saturated heterocycles. The molecule has 0 aromatic heterocycles. The van der Waals surface area contributed by atoms with E-state index in [9.17, 15) is 4.79 Å². The highest BCUT2D eigenvalue weighted by molar-refractivity contribution is 6.05. The Morgan fingerprint density at radius 2 is 1.85 bits per heavy atom. The number of nitrogens with zero attached hydrogens (tertiary/aromatic N) is 1. The number of carbonyl (C=O) groups excluding carboxylic acids is 1. The molecule has 26 heavy (non-hydrogen) atoms. The average Bonchev–Trinajstić information content (AvgIpc) is 3.35. The molecule has 5 nitrogen and oxygen atoms in total. The third-order valence-corrected chi connectivity index (χ3v) is 5.21. The van der Waals surface area contributed by atoms with Crippen LogP contribution in [0.5, 0.6) is 0 Å². The number of nitrogen functional groups attached to an aromatic ring is 1. The highest BCUT2D eigenvalue weighted by Gasteiger charge is 2.29. The van der Waals surface area contributed by atoms with E-state index < -0.39 is 0 Å². The highest BCUT2D eigenvalue weighted by atomic mass is 16.1. The van der Waals surface area contributed by atoms with Crippen molar-refractivity contribution in [2.24, 2.45) is 5.92 Å². The van der Waals surface area contributed by atoms with Gasteiger partial charge >= 0.3 is 0 Å². The fraction of sp³-hybridized carbons (Fsp3) is 0.381. The van der Waals surface area contributed by atoms with Crippen molar-refractivity contribution in [3.05, 3.63) is 54.1 Å². The molecule has 2 aromatic rings. The molecule has 5 heteroatoms. The number of nitrogens with one attached hydrogen (secondary N) is 2. The molecule has 2 fully saturated rings. The van der Waals surface area contributed by atoms with Crippen molar-refractivity contribution in [2.45, 2.75) is 25.3 Å². The fourth-order valence-corrected chi connectivity index (χ4v) is 3.54. The lowest BCUT2D eigenvalue weighted by Crippen LogP contribution is -2.27. The molecule has 136 valence electrons. The second kappa shape index (κ2) is 7.38. The van der Waals surface area contributed by atoms with Crippen LogP contribution in [0.2, 0.25) is 0 Å². The van der Waals surface area contributed by atoms with Crippen LogP contribution in [0, 0.1) is 5.92 Å². The summed E-state index contributed by atoms with van der Waals surface area (Å²) in [5.74, 6) is 0.802. The molecule has 2 aromatic carbocycles. The van der Waals surface area contributed by atoms with E-state index in [2.05, 4.69) is 15.5 Å². The monoisotopic (exact) mass is 350 g/mol. The molecule has 0 spiro atoms. The van der Waals surface area contributed by atoms with E-state index in [1.54, 1.807) is 12.1 Å². The molecule has 1 saturated carbocycles. The van der Waals surface area contributed by atoms with Crippen molar-refractivity contribution >= 4 is 23.0 Å². The van der Waals surface area contributed by atoms with Gasteiger partial charge in [0.2, 0.25) is 0 Å². The predicted molar refractivity (Wildman–Crippen MR) is 106 cm³/mol. The van der Waals surface area contributed by atoms with Gasteiger partial charge in [0.05, 0.1) is 11.4 Å². The van der Waals surface area contributed by atoms with Crippen LogP contribution < -0.4 is 16.4 Å². The third-order valence-electron chi connectivity index (χ3n) is 5.21. The maximum atomic E-state index is 12.4. The maximum absolute atomic E-state index is 12.4. The maximum Gasteiger partial charge on any atom is 0.255 e. The van der Waals surface area contributed by atoms with Crippen molar-refractivity contribution in [3.63, 3.8) is 0 Å². The second-order valence-corrected chi connectivity index (χ2v) is 7.45. The largest absolute Gasteiger partial charge is 0.397 e. The predicted octanol–water partition coefficient (Wildman–Crippen LogP) is 3.42. The van der Waals surface area contributed by atoms with Gasteiger partial charge in [0.15, 0.2) is 0 Å². The lowest BCUT2D eigenvalue weighted by Gasteiger charge is -2.17. The Kier molecular flexibility index (Phi) is 4.80. The summed E-state index contributed by atoms with van der Waals surface area (Å²) in [7, 11) is 0. The molecule has 1 amide bonds. The molecule has 1 aliphatic carbocycles. The summed E-state index contributed by atoms with van der Waals surface area (Å²) >= 11 is 0. The van der Waals surface area contributed by atoms with Crippen LogP contribution in [0.3, 0.4) is 0 Å². The molecule has 2 aliphatic rings. The number of carbonyl (C=O) groups is 1. The van der Waals surface area contributed by atoms with E-state index in [1.807, 2.05) is 36.4 Å². The van der Waals surface area contributed by atoms with Gasteiger partial charge in [0.25, 0.3) is 5.91 Å². The first-order valence-electron chi connectivity index (χ1n) is 9.42. The number of para-hydroxylation sites is 2. The minimum Gasteiger partial charge on any atom is -0.397 e. The van der Waals surface area contributed by atoms with Gasteiger partial charge in [0, 0.05) is 36.9 Å². The number of benzene rings is 2. The molecule has 0 radical (unpaired) electrons. The Balaban J connectivity index is 1.31. The zero-order chi connectivity index (χ0) is 17.9. The molecule has 1 unspecified atom stereocenters. The first-order chi connectivity index (χ1) is 12.7. The Bertz CT molecular complexity index is 770. The van der Waals surface area contributed by atoms with Crippen molar-refractivity contribution in [2.75, 3.05) is 36.0 Å². The molecular weight excluding hydrogens is 324 g/mol. The average molecular weight is 350 g/mol. The summed E-state index contributed by atoms with van der Waals surface area (Å²) < 4.78 is 0. The van der Waals surface area contributed by atoms with Gasteiger partial charge in [-0.1, -0.05) is 12.1 Å². The van der Waals surface area contributed by atoms with E-state index in [0.717, 1.165) is 18.2 Å². The fourth-order valence-electron chi connectivity index (χ4n) is 3.54. The standard InChI is InChI=1S/C21H26N4O/c22-19-3-1-2-4-20(19)24-21(26)16-7-9-17(10-8-16)23-18-11-12-25(14-18)13-15-5-6-15/h1-4,7-10,15,18,23H,5-6,11-14,22H2,(H,24,26). The topological polar surface area (TPSA) is 70.4 Å². The van der Waals surface area contributed by atoms with Gasteiger partial charge in [-0.25, -0.2) is 0 Å². The molecule has 4 N–H and O–H groups in total. The summed E-state index contributed by atoms with van der Waals surface area (Å²) in [5, 5.41) is 6.45. The van der Waals surface area contributed by atoms with Crippen LogP contribution >= 0.6 is 0 Å². The zero-order valence-corrected chi connectivity index (χ0v) is 14.9. The third kappa shape index (κ3) is 4.17. The Morgan fingerprint density at radius 3 is 2.58 bits per heavy atom. The number of likely N-dealkylation sites (tertiary alicyclic amines) is 1. The molecule has 0 bridgehead atoms. The number of hydrogen-bond acceptors (Lipinski definition) is 4. The number of nitrogens with two attached hydrogens (primary N) is 1. The molecule has 1 heterocycles. The van der Waals surface area contributed by atoms with E-state index in [1.165, 1.54) is 32.4 Å². The lowest BCUT2D eigenvalue weighted by molar-refractivity contribution is 0.102.